The number of piperidine rings is 1. The summed E-state index contributed by atoms with van der Waals surface area (Å²) >= 11 is 0. The predicted molar refractivity (Wildman–Crippen MR) is 96.0 cm³/mol. The van der Waals surface area contributed by atoms with Crippen LogP contribution in [0.15, 0.2) is 6.07 Å². The van der Waals surface area contributed by atoms with Crippen LogP contribution < -0.4 is 16.0 Å². The second-order valence-electron chi connectivity index (χ2n) is 6.99. The molecule has 142 valence electrons. The van der Waals surface area contributed by atoms with Crippen molar-refractivity contribution in [1.82, 2.24) is 10.3 Å². The largest absolute Gasteiger partial charge is 0.378 e. The summed E-state index contributed by atoms with van der Waals surface area (Å²) in [4.78, 5) is 29.3. The molecule has 0 radical (unpaired) electrons. The fraction of sp³-hybridized carbons (Fsp3) is 0.647. The lowest BCUT2D eigenvalue weighted by atomic mass is 9.95. The number of anilines is 2. The lowest BCUT2D eigenvalue weighted by Crippen LogP contribution is -2.39. The molecule has 1 saturated carbocycles. The Balaban J connectivity index is 1.90. The first-order chi connectivity index (χ1) is 12.5. The second kappa shape index (κ2) is 7.84. The zero-order valence-corrected chi connectivity index (χ0v) is 14.6. The molecule has 0 spiro atoms. The van der Waals surface area contributed by atoms with Crippen LogP contribution in [0.2, 0.25) is 0 Å². The molecule has 1 aromatic heterocycles. The molecule has 1 aliphatic heterocycles. The van der Waals surface area contributed by atoms with E-state index in [9.17, 15) is 19.3 Å². The fourth-order valence-electron chi connectivity index (χ4n) is 3.63. The maximum absolute atomic E-state index is 13.4. The maximum atomic E-state index is 13.4. The Morgan fingerprint density at radius 1 is 1.27 bits per heavy atom. The van der Waals surface area contributed by atoms with Gasteiger partial charge in [0.25, 0.3) is 5.91 Å². The Labute approximate surface area is 151 Å². The van der Waals surface area contributed by atoms with Gasteiger partial charge in [-0.05, 0) is 25.7 Å². The van der Waals surface area contributed by atoms with Gasteiger partial charge in [0.15, 0.2) is 0 Å². The third kappa shape index (κ3) is 4.03. The standard InChI is InChI=1S/C17H24FN5O3/c18-11-6-8-22(9-7-11)16-13(10-14(23(25)26)15(19)21-16)17(24)20-12-4-2-1-3-5-12/h10-12H,1-9H2,(H2,19,21)(H,20,24). The Morgan fingerprint density at radius 2 is 1.92 bits per heavy atom. The summed E-state index contributed by atoms with van der Waals surface area (Å²) in [6.07, 6.45) is 4.87. The summed E-state index contributed by atoms with van der Waals surface area (Å²) in [6, 6.07) is 1.26. The van der Waals surface area contributed by atoms with E-state index in [1.807, 2.05) is 0 Å². The quantitative estimate of drug-likeness (QED) is 0.626. The first kappa shape index (κ1) is 18.3. The minimum Gasteiger partial charge on any atom is -0.378 e. The van der Waals surface area contributed by atoms with Gasteiger partial charge in [0, 0.05) is 25.2 Å². The molecule has 3 N–H and O–H groups in total. The highest BCUT2D eigenvalue weighted by atomic mass is 19.1. The van der Waals surface area contributed by atoms with E-state index in [0.717, 1.165) is 32.1 Å². The highest BCUT2D eigenvalue weighted by Crippen LogP contribution is 2.30. The molecule has 2 heterocycles. The summed E-state index contributed by atoms with van der Waals surface area (Å²) in [5, 5.41) is 14.2. The third-order valence-electron chi connectivity index (χ3n) is 5.12. The van der Waals surface area contributed by atoms with Gasteiger partial charge in [0.2, 0.25) is 5.82 Å². The predicted octanol–water partition coefficient (Wildman–Crippen LogP) is 2.57. The van der Waals surface area contributed by atoms with Crippen LogP contribution in [-0.2, 0) is 0 Å². The lowest BCUT2D eigenvalue weighted by Gasteiger charge is -2.31. The number of hydrogen-bond donors (Lipinski definition) is 2. The van der Waals surface area contributed by atoms with E-state index in [1.54, 1.807) is 4.90 Å². The summed E-state index contributed by atoms with van der Waals surface area (Å²) in [6.45, 7) is 0.796. The van der Waals surface area contributed by atoms with Gasteiger partial charge in [-0.15, -0.1) is 0 Å². The normalized spacial score (nSPS) is 19.3. The number of nitrogen functional groups attached to an aromatic ring is 1. The Hall–Kier alpha value is -2.45. The number of rotatable bonds is 4. The molecule has 3 rings (SSSR count). The number of nitro groups is 1. The molecule has 1 aromatic rings. The Bertz CT molecular complexity index is 685. The van der Waals surface area contributed by atoms with Gasteiger partial charge in [-0.25, -0.2) is 9.37 Å². The fourth-order valence-corrected chi connectivity index (χ4v) is 3.63. The molecule has 26 heavy (non-hydrogen) atoms. The molecule has 8 nitrogen and oxygen atoms in total. The van der Waals surface area contributed by atoms with Crippen molar-refractivity contribution in [3.63, 3.8) is 0 Å². The van der Waals surface area contributed by atoms with Crippen molar-refractivity contribution in [2.45, 2.75) is 57.2 Å². The van der Waals surface area contributed by atoms with Crippen LogP contribution in [0, 0.1) is 10.1 Å². The van der Waals surface area contributed by atoms with Gasteiger partial charge in [0.1, 0.15) is 12.0 Å². The van der Waals surface area contributed by atoms with Crippen LogP contribution in [0.3, 0.4) is 0 Å². The Kier molecular flexibility index (Phi) is 5.53. The van der Waals surface area contributed by atoms with Gasteiger partial charge >= 0.3 is 5.69 Å². The molecule has 1 aliphatic carbocycles. The van der Waals surface area contributed by atoms with Crippen molar-refractivity contribution in [2.24, 2.45) is 0 Å². The topological polar surface area (TPSA) is 114 Å². The van der Waals surface area contributed by atoms with E-state index in [2.05, 4.69) is 10.3 Å². The van der Waals surface area contributed by atoms with E-state index in [1.165, 1.54) is 6.07 Å². The van der Waals surface area contributed by atoms with Crippen molar-refractivity contribution < 1.29 is 14.1 Å². The van der Waals surface area contributed by atoms with Crippen LogP contribution in [-0.4, -0.2) is 41.1 Å². The summed E-state index contributed by atoms with van der Waals surface area (Å²) < 4.78 is 13.4. The van der Waals surface area contributed by atoms with Crippen molar-refractivity contribution in [2.75, 3.05) is 23.7 Å². The number of pyridine rings is 1. The summed E-state index contributed by atoms with van der Waals surface area (Å²) in [5.74, 6) is -0.320. The van der Waals surface area contributed by atoms with Crippen molar-refractivity contribution in [1.29, 1.82) is 0 Å². The molecular weight excluding hydrogens is 341 g/mol. The average molecular weight is 365 g/mol. The molecule has 0 bridgehead atoms. The number of carbonyl (C=O) groups excluding carboxylic acids is 1. The van der Waals surface area contributed by atoms with E-state index in [0.29, 0.717) is 31.7 Å². The molecule has 9 heteroatoms. The number of hydrogen-bond acceptors (Lipinski definition) is 6. The van der Waals surface area contributed by atoms with E-state index < -0.39 is 11.1 Å². The molecule has 2 fully saturated rings. The maximum Gasteiger partial charge on any atom is 0.312 e. The molecule has 0 atom stereocenters. The lowest BCUT2D eigenvalue weighted by molar-refractivity contribution is -0.384. The molecule has 1 amide bonds. The summed E-state index contributed by atoms with van der Waals surface area (Å²) in [7, 11) is 0. The molecule has 0 unspecified atom stereocenters. The number of nitrogens with two attached hydrogens (primary N) is 1. The number of nitrogens with one attached hydrogen (secondary N) is 1. The van der Waals surface area contributed by atoms with Crippen LogP contribution in [0.5, 0.6) is 0 Å². The van der Waals surface area contributed by atoms with Crippen LogP contribution in [0.4, 0.5) is 21.7 Å². The van der Waals surface area contributed by atoms with Crippen LogP contribution in [0.1, 0.15) is 55.3 Å². The number of amides is 1. The highest BCUT2D eigenvalue weighted by Gasteiger charge is 2.29. The third-order valence-corrected chi connectivity index (χ3v) is 5.12. The monoisotopic (exact) mass is 365 g/mol. The molecule has 0 aromatic carbocycles. The van der Waals surface area contributed by atoms with Gasteiger partial charge in [-0.2, -0.15) is 0 Å². The van der Waals surface area contributed by atoms with Gasteiger partial charge in [-0.3, -0.25) is 14.9 Å². The Morgan fingerprint density at radius 3 is 2.54 bits per heavy atom. The minimum atomic E-state index is -0.874. The van der Waals surface area contributed by atoms with Gasteiger partial charge < -0.3 is 16.0 Å². The van der Waals surface area contributed by atoms with Crippen LogP contribution >= 0.6 is 0 Å². The van der Waals surface area contributed by atoms with Gasteiger partial charge in [0.05, 0.1) is 10.5 Å². The minimum absolute atomic E-state index is 0.0669. The SMILES string of the molecule is Nc1nc(N2CCC(F)CC2)c(C(=O)NC2CCCCC2)cc1[N+](=O)[O-]. The van der Waals surface area contributed by atoms with Crippen molar-refractivity contribution in [3.8, 4) is 0 Å². The zero-order valence-electron chi connectivity index (χ0n) is 14.6. The van der Waals surface area contributed by atoms with Crippen molar-refractivity contribution in [3.05, 3.63) is 21.7 Å². The highest BCUT2D eigenvalue weighted by molar-refractivity contribution is 6.00. The second-order valence-corrected chi connectivity index (χ2v) is 6.99. The van der Waals surface area contributed by atoms with E-state index in [-0.39, 0.29) is 29.0 Å². The number of alkyl halides is 1. The molecule has 1 saturated heterocycles. The molecular formula is C17H24FN5O3. The first-order valence-corrected chi connectivity index (χ1v) is 9.10. The van der Waals surface area contributed by atoms with Gasteiger partial charge in [-0.1, -0.05) is 19.3 Å². The van der Waals surface area contributed by atoms with E-state index in [4.69, 9.17) is 5.73 Å². The number of halogens is 1. The van der Waals surface area contributed by atoms with Crippen molar-refractivity contribution >= 4 is 23.2 Å². The summed E-state index contributed by atoms with van der Waals surface area (Å²) in [5.41, 5.74) is 5.47. The van der Waals surface area contributed by atoms with E-state index >= 15 is 0 Å². The number of aromatic nitrogens is 1. The first-order valence-electron chi connectivity index (χ1n) is 9.10. The smallest absolute Gasteiger partial charge is 0.312 e. The molecule has 2 aliphatic rings. The zero-order chi connectivity index (χ0) is 18.7. The van der Waals surface area contributed by atoms with Crippen LogP contribution in [0.25, 0.3) is 0 Å². The average Bonchev–Trinajstić information content (AvgIpc) is 2.62. The number of nitrogens with zero attached hydrogens (tertiary/aromatic N) is 3. The number of carbonyl (C=O) groups is 1.